The van der Waals surface area contributed by atoms with Crippen molar-refractivity contribution in [3.63, 3.8) is 0 Å². The van der Waals surface area contributed by atoms with E-state index in [2.05, 4.69) is 22.7 Å². The third kappa shape index (κ3) is 4.14. The Kier molecular flexibility index (Phi) is 5.79. The van der Waals surface area contributed by atoms with Crippen molar-refractivity contribution in [1.29, 1.82) is 0 Å². The van der Waals surface area contributed by atoms with Gasteiger partial charge in [0, 0.05) is 13.6 Å². The number of hydrogen-bond donors (Lipinski definition) is 2. The normalized spacial score (nSPS) is 10.6. The summed E-state index contributed by atoms with van der Waals surface area (Å²) in [5.41, 5.74) is 3.00. The second-order valence-corrected chi connectivity index (χ2v) is 3.91. The SMILES string of the molecule is CCCCN(C)N=Nc1ccccc1C(=O)NN. The van der Waals surface area contributed by atoms with Crippen molar-refractivity contribution >= 4 is 11.6 Å². The van der Waals surface area contributed by atoms with Crippen LogP contribution in [0.15, 0.2) is 34.6 Å². The Morgan fingerprint density at radius 1 is 1.44 bits per heavy atom. The highest BCUT2D eigenvalue weighted by Gasteiger charge is 2.08. The van der Waals surface area contributed by atoms with E-state index >= 15 is 0 Å². The van der Waals surface area contributed by atoms with Crippen molar-refractivity contribution < 1.29 is 4.79 Å². The summed E-state index contributed by atoms with van der Waals surface area (Å²) in [6, 6.07) is 6.93. The van der Waals surface area contributed by atoms with Gasteiger partial charge in [-0.2, -0.15) is 0 Å². The van der Waals surface area contributed by atoms with Gasteiger partial charge in [-0.05, 0) is 18.6 Å². The summed E-state index contributed by atoms with van der Waals surface area (Å²) in [4.78, 5) is 11.5. The number of nitrogens with zero attached hydrogens (tertiary/aromatic N) is 3. The highest BCUT2D eigenvalue weighted by Crippen LogP contribution is 2.18. The molecule has 0 aliphatic rings. The van der Waals surface area contributed by atoms with Gasteiger partial charge in [-0.3, -0.25) is 15.2 Å². The fourth-order valence-electron chi connectivity index (χ4n) is 1.39. The number of rotatable bonds is 6. The van der Waals surface area contributed by atoms with E-state index in [1.54, 1.807) is 29.3 Å². The quantitative estimate of drug-likeness (QED) is 0.350. The maximum absolute atomic E-state index is 11.5. The minimum atomic E-state index is -0.374. The van der Waals surface area contributed by atoms with Crippen molar-refractivity contribution in [3.8, 4) is 0 Å². The number of benzene rings is 1. The summed E-state index contributed by atoms with van der Waals surface area (Å²) in [5, 5.41) is 9.86. The lowest BCUT2D eigenvalue weighted by molar-refractivity contribution is 0.0954. The van der Waals surface area contributed by atoms with Crippen molar-refractivity contribution in [1.82, 2.24) is 10.4 Å². The average molecular weight is 249 g/mol. The summed E-state index contributed by atoms with van der Waals surface area (Å²) in [7, 11) is 1.85. The second kappa shape index (κ2) is 7.39. The third-order valence-electron chi connectivity index (χ3n) is 2.42. The second-order valence-electron chi connectivity index (χ2n) is 3.91. The molecule has 0 saturated heterocycles. The Hall–Kier alpha value is -1.95. The van der Waals surface area contributed by atoms with Crippen LogP contribution in [-0.4, -0.2) is 24.5 Å². The van der Waals surface area contributed by atoms with Crippen LogP contribution < -0.4 is 11.3 Å². The van der Waals surface area contributed by atoms with Gasteiger partial charge in [-0.15, -0.1) is 5.11 Å². The highest BCUT2D eigenvalue weighted by atomic mass is 16.2. The molecule has 1 rings (SSSR count). The maximum atomic E-state index is 11.5. The van der Waals surface area contributed by atoms with Crippen LogP contribution in [0.2, 0.25) is 0 Å². The molecule has 0 fully saturated rings. The molecule has 0 aliphatic heterocycles. The first-order valence-electron chi connectivity index (χ1n) is 5.91. The van der Waals surface area contributed by atoms with Crippen LogP contribution in [-0.2, 0) is 0 Å². The largest absolute Gasteiger partial charge is 0.290 e. The zero-order valence-electron chi connectivity index (χ0n) is 10.8. The molecule has 0 aromatic heterocycles. The van der Waals surface area contributed by atoms with Crippen LogP contribution in [0.4, 0.5) is 5.69 Å². The first kappa shape index (κ1) is 14.1. The molecule has 0 heterocycles. The van der Waals surface area contributed by atoms with Crippen LogP contribution in [0.1, 0.15) is 30.1 Å². The molecule has 1 aromatic carbocycles. The summed E-state index contributed by atoms with van der Waals surface area (Å²) in [6.45, 7) is 2.96. The number of hydrazine groups is 1. The lowest BCUT2D eigenvalue weighted by Crippen LogP contribution is -2.30. The fourth-order valence-corrected chi connectivity index (χ4v) is 1.39. The Balaban J connectivity index is 2.77. The lowest BCUT2D eigenvalue weighted by atomic mass is 10.2. The van der Waals surface area contributed by atoms with Gasteiger partial charge in [0.1, 0.15) is 5.69 Å². The van der Waals surface area contributed by atoms with Gasteiger partial charge in [-0.25, -0.2) is 5.84 Å². The molecule has 0 radical (unpaired) electrons. The minimum absolute atomic E-state index is 0.374. The average Bonchev–Trinajstić information content (AvgIpc) is 2.42. The van der Waals surface area contributed by atoms with Gasteiger partial charge >= 0.3 is 0 Å². The standard InChI is InChI=1S/C12H19N5O/c1-3-4-9-17(2)16-15-11-8-6-5-7-10(11)12(18)14-13/h5-8H,3-4,9,13H2,1-2H3,(H,14,18). The zero-order valence-corrected chi connectivity index (χ0v) is 10.8. The maximum Gasteiger partial charge on any atom is 0.267 e. The summed E-state index contributed by atoms with van der Waals surface area (Å²) in [6.07, 6.45) is 2.16. The summed E-state index contributed by atoms with van der Waals surface area (Å²) < 4.78 is 0. The molecule has 1 amide bonds. The van der Waals surface area contributed by atoms with Crippen LogP contribution in [0.25, 0.3) is 0 Å². The smallest absolute Gasteiger partial charge is 0.267 e. The van der Waals surface area contributed by atoms with Crippen LogP contribution >= 0.6 is 0 Å². The number of carbonyl (C=O) groups is 1. The van der Waals surface area contributed by atoms with Crippen molar-refractivity contribution in [2.75, 3.05) is 13.6 Å². The molecule has 0 saturated carbocycles. The van der Waals surface area contributed by atoms with Crippen LogP contribution in [0, 0.1) is 0 Å². The number of nitrogens with two attached hydrogens (primary N) is 1. The Morgan fingerprint density at radius 3 is 2.83 bits per heavy atom. The van der Waals surface area contributed by atoms with Crippen molar-refractivity contribution in [2.24, 2.45) is 16.2 Å². The van der Waals surface area contributed by atoms with Gasteiger partial charge in [0.15, 0.2) is 0 Å². The molecule has 6 heteroatoms. The number of unbranched alkanes of at least 4 members (excludes halogenated alkanes) is 1. The number of amides is 1. The lowest BCUT2D eigenvalue weighted by Gasteiger charge is -2.10. The molecule has 3 N–H and O–H groups in total. The number of nitrogen functional groups attached to an aromatic ring is 1. The van der Waals surface area contributed by atoms with E-state index in [4.69, 9.17) is 5.84 Å². The van der Waals surface area contributed by atoms with Crippen LogP contribution in [0.3, 0.4) is 0 Å². The van der Waals surface area contributed by atoms with E-state index in [1.807, 2.05) is 7.05 Å². The molecule has 0 unspecified atom stereocenters. The Morgan fingerprint density at radius 2 is 2.17 bits per heavy atom. The molecular weight excluding hydrogens is 230 g/mol. The van der Waals surface area contributed by atoms with E-state index < -0.39 is 0 Å². The van der Waals surface area contributed by atoms with Gasteiger partial charge < -0.3 is 0 Å². The summed E-state index contributed by atoms with van der Waals surface area (Å²) >= 11 is 0. The predicted molar refractivity (Wildman–Crippen MR) is 70.1 cm³/mol. The van der Waals surface area contributed by atoms with Gasteiger partial charge in [-0.1, -0.05) is 30.7 Å². The third-order valence-corrected chi connectivity index (χ3v) is 2.42. The predicted octanol–water partition coefficient (Wildman–Crippen LogP) is 2.02. The van der Waals surface area contributed by atoms with E-state index in [0.29, 0.717) is 11.3 Å². The van der Waals surface area contributed by atoms with Crippen molar-refractivity contribution in [3.05, 3.63) is 29.8 Å². The fraction of sp³-hybridized carbons (Fsp3) is 0.417. The minimum Gasteiger partial charge on any atom is -0.290 e. The molecule has 98 valence electrons. The number of nitrogens with one attached hydrogen (secondary N) is 1. The molecule has 0 bridgehead atoms. The van der Waals surface area contributed by atoms with Crippen molar-refractivity contribution in [2.45, 2.75) is 19.8 Å². The van der Waals surface area contributed by atoms with E-state index in [1.165, 1.54) is 0 Å². The molecule has 0 atom stereocenters. The van der Waals surface area contributed by atoms with E-state index in [9.17, 15) is 4.79 Å². The monoisotopic (exact) mass is 249 g/mol. The van der Waals surface area contributed by atoms with E-state index in [0.717, 1.165) is 19.4 Å². The van der Waals surface area contributed by atoms with Gasteiger partial charge in [0.2, 0.25) is 0 Å². The highest BCUT2D eigenvalue weighted by molar-refractivity contribution is 5.98. The number of hydrogen-bond acceptors (Lipinski definition) is 4. The molecule has 18 heavy (non-hydrogen) atoms. The Bertz CT molecular complexity index is 419. The van der Waals surface area contributed by atoms with Crippen LogP contribution in [0.5, 0.6) is 0 Å². The van der Waals surface area contributed by atoms with E-state index in [-0.39, 0.29) is 5.91 Å². The molecule has 0 aliphatic carbocycles. The Labute approximate surface area is 107 Å². The molecular formula is C12H19N5O. The topological polar surface area (TPSA) is 83.1 Å². The molecule has 1 aromatic rings. The van der Waals surface area contributed by atoms with Gasteiger partial charge in [0.25, 0.3) is 5.91 Å². The first-order chi connectivity index (χ1) is 8.69. The zero-order chi connectivity index (χ0) is 13.4. The van der Waals surface area contributed by atoms with Gasteiger partial charge in [0.05, 0.1) is 5.56 Å². The number of carbonyl (C=O) groups excluding carboxylic acids is 1. The molecule has 6 nitrogen and oxygen atoms in total. The molecule has 0 spiro atoms. The summed E-state index contributed by atoms with van der Waals surface area (Å²) in [5.74, 6) is 4.74. The first-order valence-corrected chi connectivity index (χ1v) is 5.91.